The van der Waals surface area contributed by atoms with Crippen LogP contribution >= 0.6 is 0 Å². The maximum Gasteiger partial charge on any atom is 0.433 e. The minimum atomic E-state index is -0.787. The number of ether oxygens (including phenoxy) is 1. The Morgan fingerprint density at radius 2 is 2.05 bits per heavy atom. The van der Waals surface area contributed by atoms with Gasteiger partial charge in [0, 0.05) is 12.4 Å². The Hall–Kier alpha value is -2.63. The highest BCUT2D eigenvalue weighted by atomic mass is 16.5. The van der Waals surface area contributed by atoms with Gasteiger partial charge in [0.15, 0.2) is 0 Å². The first-order chi connectivity index (χ1) is 9.97. The van der Waals surface area contributed by atoms with E-state index in [0.717, 1.165) is 0 Å². The number of amides is 1. The number of carbonyl (C=O) groups is 1. The molecule has 1 heterocycles. The van der Waals surface area contributed by atoms with Crippen molar-refractivity contribution in [1.29, 1.82) is 0 Å². The fraction of sp³-hybridized carbons (Fsp3) is 0.267. The molecule has 0 unspecified atom stereocenters. The van der Waals surface area contributed by atoms with Crippen molar-refractivity contribution in [2.24, 2.45) is 12.0 Å². The molecule has 0 aliphatic rings. The molecule has 0 saturated carbocycles. The average Bonchev–Trinajstić information content (AvgIpc) is 2.45. The van der Waals surface area contributed by atoms with Gasteiger partial charge in [0.2, 0.25) is 0 Å². The van der Waals surface area contributed by atoms with Crippen LogP contribution in [0.3, 0.4) is 0 Å². The minimum Gasteiger partial charge on any atom is -0.506 e. The van der Waals surface area contributed by atoms with Crippen LogP contribution in [0, 0.1) is 0 Å². The summed E-state index contributed by atoms with van der Waals surface area (Å²) >= 11 is 0. The van der Waals surface area contributed by atoms with Crippen molar-refractivity contribution in [3.63, 3.8) is 0 Å². The first-order valence-electron chi connectivity index (χ1n) is 6.50. The van der Waals surface area contributed by atoms with Crippen LogP contribution in [-0.2, 0) is 11.8 Å². The number of para-hydroxylation sites is 1. The number of aromatic nitrogens is 1. The van der Waals surface area contributed by atoms with Gasteiger partial charge < -0.3 is 14.4 Å². The Morgan fingerprint density at radius 3 is 2.71 bits per heavy atom. The molecule has 0 radical (unpaired) electrons. The largest absolute Gasteiger partial charge is 0.506 e. The highest BCUT2D eigenvalue weighted by molar-refractivity contribution is 6.08. The van der Waals surface area contributed by atoms with E-state index in [9.17, 15) is 14.7 Å². The molecule has 1 aromatic heterocycles. The van der Waals surface area contributed by atoms with Gasteiger partial charge in [-0.15, -0.1) is 0 Å². The quantitative estimate of drug-likeness (QED) is 0.859. The molecule has 0 bridgehead atoms. The molecule has 1 aromatic carbocycles. The van der Waals surface area contributed by atoms with Gasteiger partial charge >= 0.3 is 6.09 Å². The number of aryl methyl sites for hydroxylation is 1. The number of benzene rings is 1. The van der Waals surface area contributed by atoms with Crippen molar-refractivity contribution < 1.29 is 14.6 Å². The third-order valence-corrected chi connectivity index (χ3v) is 3.16. The van der Waals surface area contributed by atoms with Crippen LogP contribution in [0.4, 0.5) is 4.79 Å². The molecule has 0 fully saturated rings. The standard InChI is InChI=1S/C15H16N2O4/c1-4-21-15(20)16-9(2)12-13(18)10-7-5-6-8-11(10)17(3)14(12)19/h5-8,18H,4H2,1-3H3/b16-9+. The minimum absolute atomic E-state index is 0.00394. The molecule has 0 saturated heterocycles. The van der Waals surface area contributed by atoms with Gasteiger partial charge in [0.1, 0.15) is 11.3 Å². The molecule has 6 heteroatoms. The van der Waals surface area contributed by atoms with E-state index in [1.54, 1.807) is 38.2 Å². The van der Waals surface area contributed by atoms with E-state index < -0.39 is 11.7 Å². The summed E-state index contributed by atoms with van der Waals surface area (Å²) in [6.45, 7) is 3.34. The number of nitrogens with zero attached hydrogens (tertiary/aromatic N) is 2. The molecule has 0 spiro atoms. The van der Waals surface area contributed by atoms with Gasteiger partial charge in [0.05, 0.1) is 17.8 Å². The predicted molar refractivity (Wildman–Crippen MR) is 80.1 cm³/mol. The normalized spacial score (nSPS) is 11.7. The Kier molecular flexibility index (Phi) is 4.07. The van der Waals surface area contributed by atoms with Gasteiger partial charge in [-0.1, -0.05) is 12.1 Å². The summed E-state index contributed by atoms with van der Waals surface area (Å²) in [5.74, 6) is -0.181. The maximum atomic E-state index is 12.4. The third-order valence-electron chi connectivity index (χ3n) is 3.16. The summed E-state index contributed by atoms with van der Waals surface area (Å²) in [4.78, 5) is 27.4. The number of fused-ring (bicyclic) bond motifs is 1. The molecular weight excluding hydrogens is 272 g/mol. The van der Waals surface area contributed by atoms with E-state index in [0.29, 0.717) is 10.9 Å². The van der Waals surface area contributed by atoms with Gasteiger partial charge in [0.25, 0.3) is 5.56 Å². The lowest BCUT2D eigenvalue weighted by molar-refractivity contribution is 0.163. The van der Waals surface area contributed by atoms with E-state index in [4.69, 9.17) is 4.74 Å². The van der Waals surface area contributed by atoms with Crippen LogP contribution in [0.1, 0.15) is 19.4 Å². The fourth-order valence-corrected chi connectivity index (χ4v) is 2.15. The molecule has 6 nitrogen and oxygen atoms in total. The number of carbonyl (C=O) groups excluding carboxylic acids is 1. The average molecular weight is 288 g/mol. The van der Waals surface area contributed by atoms with E-state index in [1.807, 2.05) is 0 Å². The second-order valence-electron chi connectivity index (χ2n) is 4.50. The number of aliphatic imine (C=N–C) groups is 1. The van der Waals surface area contributed by atoms with Crippen LogP contribution in [0.5, 0.6) is 5.75 Å². The van der Waals surface area contributed by atoms with Gasteiger partial charge in [-0.05, 0) is 26.0 Å². The zero-order valence-corrected chi connectivity index (χ0v) is 12.1. The van der Waals surface area contributed by atoms with Gasteiger partial charge in [-0.25, -0.2) is 4.79 Å². The molecule has 0 aliphatic heterocycles. The number of hydrogen-bond donors (Lipinski definition) is 1. The van der Waals surface area contributed by atoms with Gasteiger partial charge in [-0.2, -0.15) is 4.99 Å². The molecule has 110 valence electrons. The molecule has 2 aromatic rings. The smallest absolute Gasteiger partial charge is 0.433 e. The number of aromatic hydroxyl groups is 1. The summed E-state index contributed by atoms with van der Waals surface area (Å²) in [6.07, 6.45) is -0.787. The monoisotopic (exact) mass is 288 g/mol. The van der Waals surface area contributed by atoms with Crippen molar-refractivity contribution in [3.05, 3.63) is 40.2 Å². The van der Waals surface area contributed by atoms with Crippen LogP contribution in [0.2, 0.25) is 0 Å². The van der Waals surface area contributed by atoms with E-state index in [1.165, 1.54) is 11.5 Å². The van der Waals surface area contributed by atoms with Crippen LogP contribution < -0.4 is 5.56 Å². The zero-order chi connectivity index (χ0) is 15.6. The highest BCUT2D eigenvalue weighted by Gasteiger charge is 2.17. The fourth-order valence-electron chi connectivity index (χ4n) is 2.15. The lowest BCUT2D eigenvalue weighted by Gasteiger charge is -2.11. The molecule has 0 aliphatic carbocycles. The summed E-state index contributed by atoms with van der Waals surface area (Å²) in [6, 6.07) is 6.97. The summed E-state index contributed by atoms with van der Waals surface area (Å²) in [5, 5.41) is 10.8. The highest BCUT2D eigenvalue weighted by Crippen LogP contribution is 2.26. The second kappa shape index (κ2) is 5.78. The van der Waals surface area contributed by atoms with Crippen LogP contribution in [-0.4, -0.2) is 28.1 Å². The Balaban J connectivity index is 2.70. The number of hydrogen-bond acceptors (Lipinski definition) is 4. The molecule has 1 amide bonds. The van der Waals surface area contributed by atoms with E-state index in [2.05, 4.69) is 4.99 Å². The Morgan fingerprint density at radius 1 is 1.38 bits per heavy atom. The Labute approximate surface area is 121 Å². The molecule has 21 heavy (non-hydrogen) atoms. The lowest BCUT2D eigenvalue weighted by Crippen LogP contribution is -2.24. The second-order valence-corrected chi connectivity index (χ2v) is 4.50. The Bertz CT molecular complexity index is 790. The van der Waals surface area contributed by atoms with Crippen molar-refractivity contribution in [2.75, 3.05) is 6.61 Å². The van der Waals surface area contributed by atoms with Crippen molar-refractivity contribution in [3.8, 4) is 5.75 Å². The van der Waals surface area contributed by atoms with Crippen molar-refractivity contribution in [1.82, 2.24) is 4.57 Å². The summed E-state index contributed by atoms with van der Waals surface area (Å²) in [7, 11) is 1.60. The van der Waals surface area contributed by atoms with Gasteiger partial charge in [-0.3, -0.25) is 4.79 Å². The SMILES string of the molecule is CCOC(=O)/N=C(\C)c1c(O)c2ccccc2n(C)c1=O. The maximum absolute atomic E-state index is 12.4. The molecule has 2 rings (SSSR count). The van der Waals surface area contributed by atoms with Crippen molar-refractivity contribution in [2.45, 2.75) is 13.8 Å². The van der Waals surface area contributed by atoms with E-state index >= 15 is 0 Å². The molecular formula is C15H16N2O4. The molecule has 0 atom stereocenters. The first-order valence-corrected chi connectivity index (χ1v) is 6.50. The topological polar surface area (TPSA) is 80.9 Å². The van der Waals surface area contributed by atoms with Crippen LogP contribution in [0.15, 0.2) is 34.1 Å². The number of rotatable bonds is 2. The zero-order valence-electron chi connectivity index (χ0n) is 12.1. The number of pyridine rings is 1. The molecule has 1 N–H and O–H groups in total. The predicted octanol–water partition coefficient (Wildman–Crippen LogP) is 2.21. The first kappa shape index (κ1) is 14.8. The third kappa shape index (κ3) is 2.65. The van der Waals surface area contributed by atoms with Crippen molar-refractivity contribution >= 4 is 22.7 Å². The van der Waals surface area contributed by atoms with E-state index in [-0.39, 0.29) is 23.6 Å². The van der Waals surface area contributed by atoms with Crippen LogP contribution in [0.25, 0.3) is 10.9 Å². The lowest BCUT2D eigenvalue weighted by atomic mass is 10.1. The summed E-state index contributed by atoms with van der Waals surface area (Å²) < 4.78 is 6.13. The summed E-state index contributed by atoms with van der Waals surface area (Å²) in [5.41, 5.74) is 0.311.